The zero-order valence-corrected chi connectivity index (χ0v) is 20.4. The van der Waals surface area contributed by atoms with Gasteiger partial charge in [-0.2, -0.15) is 0 Å². The topological polar surface area (TPSA) is 103 Å². The normalized spacial score (nSPS) is 12.4. The van der Waals surface area contributed by atoms with Crippen LogP contribution >= 0.6 is 24.0 Å². The first kappa shape index (κ1) is 27.1. The summed E-state index contributed by atoms with van der Waals surface area (Å²) >= 11 is 0. The molecule has 162 valence electrons. The Hall–Kier alpha value is -0.910. The van der Waals surface area contributed by atoms with E-state index in [0.29, 0.717) is 12.5 Å². The summed E-state index contributed by atoms with van der Waals surface area (Å²) in [5.74, 6) is 0.684. The van der Waals surface area contributed by atoms with Crippen LogP contribution in [-0.2, 0) is 16.6 Å². The number of hydrogen-bond acceptors (Lipinski definition) is 4. The van der Waals surface area contributed by atoms with Crippen molar-refractivity contribution in [1.29, 1.82) is 0 Å². The van der Waals surface area contributed by atoms with E-state index in [1.165, 1.54) is 7.05 Å². The Bertz CT molecular complexity index is 707. The molecule has 0 radical (unpaired) electrons. The number of aliphatic imine (C=N–C) groups is 1. The molecule has 0 saturated heterocycles. The molecule has 4 N–H and O–H groups in total. The highest BCUT2D eigenvalue weighted by atomic mass is 127. The second-order valence-electron chi connectivity index (χ2n) is 6.58. The molecule has 0 fully saturated rings. The summed E-state index contributed by atoms with van der Waals surface area (Å²) in [5.41, 5.74) is 0.849. The van der Waals surface area contributed by atoms with Gasteiger partial charge in [-0.15, -0.1) is 24.0 Å². The quantitative estimate of drug-likeness (QED) is 0.202. The van der Waals surface area contributed by atoms with E-state index in [9.17, 15) is 13.5 Å². The molecule has 0 spiro atoms. The third kappa shape index (κ3) is 8.22. The minimum Gasteiger partial charge on any atom is -0.396 e. The van der Waals surface area contributed by atoms with Crippen LogP contribution in [0.2, 0.25) is 0 Å². The standard InChI is InChI=1S/C19H34N4O3S.HI/c1-5-19(6-2,11-12-24)15-23-18(21-7-3)22-14-16-9-8-10-17(13-16)27(25,26)20-4;/h8-10,13,20,24H,5-7,11-12,14-15H2,1-4H3,(H2,21,22,23);1H. The van der Waals surface area contributed by atoms with Crippen molar-refractivity contribution in [2.75, 3.05) is 26.7 Å². The molecule has 0 atom stereocenters. The van der Waals surface area contributed by atoms with Crippen molar-refractivity contribution in [1.82, 2.24) is 15.4 Å². The van der Waals surface area contributed by atoms with Crippen molar-refractivity contribution in [3.8, 4) is 0 Å². The number of guanidine groups is 1. The predicted octanol–water partition coefficient (Wildman–Crippen LogP) is 2.46. The Morgan fingerprint density at radius 2 is 1.86 bits per heavy atom. The van der Waals surface area contributed by atoms with Crippen molar-refractivity contribution in [2.24, 2.45) is 10.4 Å². The number of benzene rings is 1. The van der Waals surface area contributed by atoms with Crippen LogP contribution < -0.4 is 15.4 Å². The van der Waals surface area contributed by atoms with E-state index in [0.717, 1.165) is 37.9 Å². The van der Waals surface area contributed by atoms with Gasteiger partial charge in [-0.25, -0.2) is 18.1 Å². The summed E-state index contributed by atoms with van der Waals surface area (Å²) in [6, 6.07) is 6.77. The van der Waals surface area contributed by atoms with Crippen LogP contribution in [0.3, 0.4) is 0 Å². The highest BCUT2D eigenvalue weighted by Gasteiger charge is 2.25. The average molecular weight is 526 g/mol. The zero-order chi connectivity index (χ0) is 20.3. The van der Waals surface area contributed by atoms with E-state index in [2.05, 4.69) is 34.2 Å². The molecule has 9 heteroatoms. The van der Waals surface area contributed by atoms with Gasteiger partial charge in [0.2, 0.25) is 10.0 Å². The van der Waals surface area contributed by atoms with Crippen molar-refractivity contribution < 1.29 is 13.5 Å². The van der Waals surface area contributed by atoms with Crippen LogP contribution in [0.15, 0.2) is 34.2 Å². The zero-order valence-electron chi connectivity index (χ0n) is 17.3. The summed E-state index contributed by atoms with van der Waals surface area (Å²) in [5, 5.41) is 16.0. The van der Waals surface area contributed by atoms with E-state index < -0.39 is 10.0 Å². The van der Waals surface area contributed by atoms with Crippen LogP contribution in [0.4, 0.5) is 0 Å². The number of halogens is 1. The van der Waals surface area contributed by atoms with Crippen LogP contribution in [0.1, 0.15) is 45.6 Å². The van der Waals surface area contributed by atoms with Gasteiger partial charge in [0.1, 0.15) is 0 Å². The van der Waals surface area contributed by atoms with Gasteiger partial charge in [0.25, 0.3) is 0 Å². The van der Waals surface area contributed by atoms with E-state index in [-0.39, 0.29) is 40.9 Å². The minimum atomic E-state index is -3.47. The third-order valence-electron chi connectivity index (χ3n) is 5.01. The number of aliphatic hydroxyl groups excluding tert-OH is 1. The fourth-order valence-corrected chi connectivity index (χ4v) is 3.69. The smallest absolute Gasteiger partial charge is 0.240 e. The van der Waals surface area contributed by atoms with Crippen molar-refractivity contribution >= 4 is 40.0 Å². The minimum absolute atomic E-state index is 0. The molecule has 0 amide bonds. The fraction of sp³-hybridized carbons (Fsp3) is 0.632. The highest BCUT2D eigenvalue weighted by Crippen LogP contribution is 2.29. The van der Waals surface area contributed by atoms with Crippen molar-refractivity contribution in [3.63, 3.8) is 0 Å². The molecule has 0 bridgehead atoms. The van der Waals surface area contributed by atoms with Crippen LogP contribution in [-0.4, -0.2) is 46.2 Å². The number of hydrogen-bond donors (Lipinski definition) is 4. The van der Waals surface area contributed by atoms with E-state index in [1.807, 2.05) is 13.0 Å². The lowest BCUT2D eigenvalue weighted by Crippen LogP contribution is -2.43. The van der Waals surface area contributed by atoms with E-state index >= 15 is 0 Å². The molecule has 1 aromatic rings. The maximum atomic E-state index is 11.9. The predicted molar refractivity (Wildman–Crippen MR) is 126 cm³/mol. The first-order chi connectivity index (χ1) is 12.9. The molecular weight excluding hydrogens is 491 g/mol. The number of nitrogens with zero attached hydrogens (tertiary/aromatic N) is 1. The van der Waals surface area contributed by atoms with E-state index in [1.54, 1.807) is 18.2 Å². The monoisotopic (exact) mass is 526 g/mol. The molecule has 28 heavy (non-hydrogen) atoms. The first-order valence-electron chi connectivity index (χ1n) is 9.52. The van der Waals surface area contributed by atoms with Gasteiger partial charge in [-0.3, -0.25) is 0 Å². The van der Waals surface area contributed by atoms with Gasteiger partial charge in [-0.1, -0.05) is 26.0 Å². The third-order valence-corrected chi connectivity index (χ3v) is 6.43. The lowest BCUT2D eigenvalue weighted by atomic mass is 9.79. The maximum Gasteiger partial charge on any atom is 0.240 e. The first-order valence-corrected chi connectivity index (χ1v) is 11.0. The van der Waals surface area contributed by atoms with Gasteiger partial charge in [0.05, 0.1) is 11.4 Å². The van der Waals surface area contributed by atoms with E-state index in [4.69, 9.17) is 0 Å². The van der Waals surface area contributed by atoms with Gasteiger partial charge >= 0.3 is 0 Å². The Labute approximate surface area is 186 Å². The molecule has 0 unspecified atom stereocenters. The second-order valence-corrected chi connectivity index (χ2v) is 8.47. The Morgan fingerprint density at radius 1 is 1.18 bits per heavy atom. The number of aliphatic hydroxyl groups is 1. The Kier molecular flexibility index (Phi) is 12.9. The summed E-state index contributed by atoms with van der Waals surface area (Å²) in [7, 11) is -2.07. The van der Waals surface area contributed by atoms with Gasteiger partial charge in [0, 0.05) is 19.7 Å². The van der Waals surface area contributed by atoms with Crippen LogP contribution in [0, 0.1) is 5.41 Å². The average Bonchev–Trinajstić information content (AvgIpc) is 2.69. The maximum absolute atomic E-state index is 11.9. The van der Waals surface area contributed by atoms with Crippen molar-refractivity contribution in [2.45, 2.75) is 51.5 Å². The molecule has 0 aliphatic carbocycles. The molecule has 1 aromatic carbocycles. The second kappa shape index (κ2) is 13.3. The number of sulfonamides is 1. The summed E-state index contributed by atoms with van der Waals surface area (Å²) in [6.45, 7) is 8.26. The Morgan fingerprint density at radius 3 is 2.39 bits per heavy atom. The molecule has 0 aliphatic heterocycles. The molecule has 0 heterocycles. The summed E-state index contributed by atoms with van der Waals surface area (Å²) < 4.78 is 26.2. The summed E-state index contributed by atoms with van der Waals surface area (Å²) in [4.78, 5) is 4.81. The lowest BCUT2D eigenvalue weighted by Gasteiger charge is -2.32. The largest absolute Gasteiger partial charge is 0.396 e. The molecule has 0 aliphatic rings. The number of rotatable bonds is 11. The van der Waals surface area contributed by atoms with Gasteiger partial charge in [-0.05, 0) is 56.3 Å². The molecule has 0 saturated carbocycles. The SMILES string of the molecule is CCNC(=NCc1cccc(S(=O)(=O)NC)c1)NCC(CC)(CC)CCO.I. The lowest BCUT2D eigenvalue weighted by molar-refractivity contribution is 0.169. The van der Waals surface area contributed by atoms with Gasteiger partial charge < -0.3 is 15.7 Å². The highest BCUT2D eigenvalue weighted by molar-refractivity contribution is 14.0. The summed E-state index contributed by atoms with van der Waals surface area (Å²) in [6.07, 6.45) is 2.69. The van der Waals surface area contributed by atoms with Crippen LogP contribution in [0.5, 0.6) is 0 Å². The number of nitrogens with one attached hydrogen (secondary N) is 3. The van der Waals surface area contributed by atoms with Gasteiger partial charge in [0.15, 0.2) is 5.96 Å². The Balaban J connectivity index is 0.00000729. The fourth-order valence-electron chi connectivity index (χ4n) is 2.89. The van der Waals surface area contributed by atoms with Crippen LogP contribution in [0.25, 0.3) is 0 Å². The van der Waals surface area contributed by atoms with Crippen molar-refractivity contribution in [3.05, 3.63) is 29.8 Å². The molecule has 1 rings (SSSR count). The molecular formula is C19H35IN4O3S. The molecule has 7 nitrogen and oxygen atoms in total. The molecule has 0 aromatic heterocycles.